The number of anilines is 1. The van der Waals surface area contributed by atoms with E-state index in [9.17, 15) is 4.79 Å². The van der Waals surface area contributed by atoms with Crippen molar-refractivity contribution in [3.8, 4) is 0 Å². The maximum atomic E-state index is 11.5. The predicted octanol–water partition coefficient (Wildman–Crippen LogP) is 2.77. The fraction of sp³-hybridized carbons (Fsp3) is 0.667. The van der Waals surface area contributed by atoms with Crippen LogP contribution in [0.2, 0.25) is 5.02 Å². The first kappa shape index (κ1) is 15.4. The standard InChI is InChI=1S/C12H20ClN3OS/c1-16-12(17)11(13)10(9-15-16)14-7-5-3-4-6-8-18-2/h9,14H,3-8H2,1-2H3. The molecule has 0 fully saturated rings. The topological polar surface area (TPSA) is 46.9 Å². The van der Waals surface area contributed by atoms with Crippen LogP contribution in [-0.2, 0) is 7.05 Å². The fourth-order valence-corrected chi connectivity index (χ4v) is 2.31. The molecule has 0 saturated heterocycles. The highest BCUT2D eigenvalue weighted by Gasteiger charge is 2.05. The van der Waals surface area contributed by atoms with Gasteiger partial charge in [-0.2, -0.15) is 16.9 Å². The molecule has 18 heavy (non-hydrogen) atoms. The zero-order valence-electron chi connectivity index (χ0n) is 10.9. The number of hydrogen-bond acceptors (Lipinski definition) is 4. The lowest BCUT2D eigenvalue weighted by molar-refractivity contribution is 0.685. The van der Waals surface area contributed by atoms with Gasteiger partial charge in [0.25, 0.3) is 5.56 Å². The van der Waals surface area contributed by atoms with Crippen molar-refractivity contribution in [2.45, 2.75) is 25.7 Å². The molecule has 0 aliphatic rings. The molecule has 4 nitrogen and oxygen atoms in total. The molecule has 0 atom stereocenters. The molecule has 0 aliphatic heterocycles. The van der Waals surface area contributed by atoms with Crippen molar-refractivity contribution in [3.05, 3.63) is 21.6 Å². The van der Waals surface area contributed by atoms with Crippen LogP contribution in [0, 0.1) is 0 Å². The Morgan fingerprint density at radius 3 is 2.83 bits per heavy atom. The maximum absolute atomic E-state index is 11.5. The van der Waals surface area contributed by atoms with Gasteiger partial charge < -0.3 is 5.32 Å². The highest BCUT2D eigenvalue weighted by Crippen LogP contribution is 2.15. The number of thioether (sulfide) groups is 1. The van der Waals surface area contributed by atoms with Crippen molar-refractivity contribution >= 4 is 29.1 Å². The monoisotopic (exact) mass is 289 g/mol. The van der Waals surface area contributed by atoms with Gasteiger partial charge in [-0.05, 0) is 24.9 Å². The predicted molar refractivity (Wildman–Crippen MR) is 79.8 cm³/mol. The molecule has 1 rings (SSSR count). The van der Waals surface area contributed by atoms with E-state index in [1.807, 2.05) is 11.8 Å². The van der Waals surface area contributed by atoms with Crippen molar-refractivity contribution in [2.24, 2.45) is 7.05 Å². The van der Waals surface area contributed by atoms with Crippen LogP contribution < -0.4 is 10.9 Å². The lowest BCUT2D eigenvalue weighted by Gasteiger charge is -2.08. The first-order chi connectivity index (χ1) is 8.66. The van der Waals surface area contributed by atoms with Crippen molar-refractivity contribution < 1.29 is 0 Å². The van der Waals surface area contributed by atoms with Crippen LogP contribution in [0.25, 0.3) is 0 Å². The van der Waals surface area contributed by atoms with E-state index in [0.29, 0.717) is 5.69 Å². The number of halogens is 1. The maximum Gasteiger partial charge on any atom is 0.287 e. The molecule has 0 amide bonds. The summed E-state index contributed by atoms with van der Waals surface area (Å²) in [5.41, 5.74) is 0.366. The van der Waals surface area contributed by atoms with Crippen molar-refractivity contribution in [2.75, 3.05) is 23.9 Å². The zero-order valence-corrected chi connectivity index (χ0v) is 12.5. The van der Waals surface area contributed by atoms with Gasteiger partial charge in [0.05, 0.1) is 11.9 Å². The third-order valence-electron chi connectivity index (χ3n) is 2.67. The van der Waals surface area contributed by atoms with E-state index in [0.717, 1.165) is 13.0 Å². The van der Waals surface area contributed by atoms with Crippen molar-refractivity contribution in [3.63, 3.8) is 0 Å². The molecule has 0 aliphatic carbocycles. The highest BCUT2D eigenvalue weighted by atomic mass is 35.5. The smallest absolute Gasteiger partial charge is 0.287 e. The minimum atomic E-state index is -0.262. The number of aryl methyl sites for hydroxylation is 1. The molecule has 1 N–H and O–H groups in total. The molecule has 0 saturated carbocycles. The normalized spacial score (nSPS) is 10.6. The SMILES string of the molecule is CSCCCCCCNc1cnn(C)c(=O)c1Cl. The lowest BCUT2D eigenvalue weighted by Crippen LogP contribution is -2.21. The molecule has 1 aromatic rings. The molecule has 0 bridgehead atoms. The Bertz CT molecular complexity index is 422. The van der Waals surface area contributed by atoms with Crippen LogP contribution in [-0.4, -0.2) is 28.3 Å². The van der Waals surface area contributed by atoms with Crippen LogP contribution in [0.4, 0.5) is 5.69 Å². The van der Waals surface area contributed by atoms with Crippen molar-refractivity contribution in [1.29, 1.82) is 0 Å². The van der Waals surface area contributed by atoms with Gasteiger partial charge in [0.2, 0.25) is 0 Å². The first-order valence-corrected chi connectivity index (χ1v) is 7.88. The van der Waals surface area contributed by atoms with Gasteiger partial charge in [0.15, 0.2) is 0 Å². The Morgan fingerprint density at radius 2 is 2.11 bits per heavy atom. The second-order valence-electron chi connectivity index (χ2n) is 4.13. The summed E-state index contributed by atoms with van der Waals surface area (Å²) in [5.74, 6) is 1.23. The van der Waals surface area contributed by atoms with E-state index in [-0.39, 0.29) is 10.6 Å². The number of hydrogen-bond donors (Lipinski definition) is 1. The number of nitrogens with one attached hydrogen (secondary N) is 1. The molecule has 0 aromatic carbocycles. The van der Waals surface area contributed by atoms with Gasteiger partial charge in [-0.3, -0.25) is 4.79 Å². The van der Waals surface area contributed by atoms with Gasteiger partial charge in [0, 0.05) is 13.6 Å². The summed E-state index contributed by atoms with van der Waals surface area (Å²) in [5, 5.41) is 7.31. The Morgan fingerprint density at radius 1 is 1.39 bits per heavy atom. The molecule has 0 unspecified atom stereocenters. The minimum Gasteiger partial charge on any atom is -0.382 e. The van der Waals surface area contributed by atoms with Crippen LogP contribution in [0.5, 0.6) is 0 Å². The Kier molecular flexibility index (Phi) is 7.20. The third kappa shape index (κ3) is 4.90. The molecule has 0 spiro atoms. The zero-order chi connectivity index (χ0) is 13.4. The molecule has 1 aromatic heterocycles. The molecular formula is C12H20ClN3OS. The van der Waals surface area contributed by atoms with E-state index < -0.39 is 0 Å². The van der Waals surface area contributed by atoms with Crippen LogP contribution in [0.3, 0.4) is 0 Å². The van der Waals surface area contributed by atoms with Crippen LogP contribution in [0.15, 0.2) is 11.0 Å². The van der Waals surface area contributed by atoms with Crippen molar-refractivity contribution in [1.82, 2.24) is 9.78 Å². The Labute approximate surface area is 117 Å². The quantitative estimate of drug-likeness (QED) is 0.748. The molecule has 6 heteroatoms. The largest absolute Gasteiger partial charge is 0.382 e. The number of aromatic nitrogens is 2. The minimum absolute atomic E-state index is 0.217. The van der Waals surface area contributed by atoms with Crippen LogP contribution >= 0.6 is 23.4 Å². The molecule has 0 radical (unpaired) electrons. The second kappa shape index (κ2) is 8.43. The summed E-state index contributed by atoms with van der Waals surface area (Å²) in [6.07, 6.45) is 8.54. The Hall–Kier alpha value is -0.680. The average molecular weight is 290 g/mol. The third-order valence-corrected chi connectivity index (χ3v) is 3.73. The summed E-state index contributed by atoms with van der Waals surface area (Å²) in [6.45, 7) is 0.827. The fourth-order valence-electron chi connectivity index (χ4n) is 1.58. The summed E-state index contributed by atoms with van der Waals surface area (Å²) in [4.78, 5) is 11.5. The molecular weight excluding hydrogens is 270 g/mol. The van der Waals surface area contributed by atoms with E-state index in [2.05, 4.69) is 16.7 Å². The van der Waals surface area contributed by atoms with Crippen LogP contribution in [0.1, 0.15) is 25.7 Å². The van der Waals surface area contributed by atoms with Gasteiger partial charge >= 0.3 is 0 Å². The van der Waals surface area contributed by atoms with E-state index >= 15 is 0 Å². The van der Waals surface area contributed by atoms with Gasteiger partial charge in [-0.25, -0.2) is 4.68 Å². The average Bonchev–Trinajstić information content (AvgIpc) is 2.37. The van der Waals surface area contributed by atoms with E-state index in [1.165, 1.54) is 29.7 Å². The summed E-state index contributed by atoms with van der Waals surface area (Å²) in [6, 6.07) is 0. The first-order valence-electron chi connectivity index (χ1n) is 6.11. The summed E-state index contributed by atoms with van der Waals surface area (Å²) < 4.78 is 1.23. The van der Waals surface area contributed by atoms with E-state index in [4.69, 9.17) is 11.6 Å². The number of rotatable bonds is 8. The Balaban J connectivity index is 2.28. The second-order valence-corrected chi connectivity index (χ2v) is 5.50. The van der Waals surface area contributed by atoms with Gasteiger partial charge in [0.1, 0.15) is 5.02 Å². The summed E-state index contributed by atoms with van der Waals surface area (Å²) >= 11 is 7.83. The number of nitrogens with zero attached hydrogens (tertiary/aromatic N) is 2. The number of unbranched alkanes of at least 4 members (excludes halogenated alkanes) is 3. The molecule has 102 valence electrons. The van der Waals surface area contributed by atoms with Gasteiger partial charge in [-0.1, -0.05) is 24.4 Å². The molecule has 1 heterocycles. The lowest BCUT2D eigenvalue weighted by atomic mass is 10.2. The summed E-state index contributed by atoms with van der Waals surface area (Å²) in [7, 11) is 1.59. The highest BCUT2D eigenvalue weighted by molar-refractivity contribution is 7.98. The van der Waals surface area contributed by atoms with E-state index in [1.54, 1.807) is 13.2 Å². The van der Waals surface area contributed by atoms with Gasteiger partial charge in [-0.15, -0.1) is 0 Å².